The summed E-state index contributed by atoms with van der Waals surface area (Å²) in [4.78, 5) is 4.36. The van der Waals surface area contributed by atoms with Crippen LogP contribution >= 0.6 is 15.9 Å². The number of halogens is 1. The molecule has 0 saturated heterocycles. The summed E-state index contributed by atoms with van der Waals surface area (Å²) in [6.45, 7) is 3.28. The molecule has 2 aromatic rings. The van der Waals surface area contributed by atoms with Crippen molar-refractivity contribution in [2.24, 2.45) is 5.41 Å². The molecule has 0 unspecified atom stereocenters. The van der Waals surface area contributed by atoms with Gasteiger partial charge in [0.15, 0.2) is 0 Å². The molecule has 94 valence electrons. The average Bonchev–Trinajstić information content (AvgIpc) is 3.06. The summed E-state index contributed by atoms with van der Waals surface area (Å²) in [5.74, 6) is 0. The molecule has 1 aliphatic rings. The van der Waals surface area contributed by atoms with Crippen molar-refractivity contribution in [2.45, 2.75) is 19.8 Å². The summed E-state index contributed by atoms with van der Waals surface area (Å²) in [7, 11) is 0. The second-order valence-electron chi connectivity index (χ2n) is 5.41. The van der Waals surface area contributed by atoms with Gasteiger partial charge in [-0.15, -0.1) is 0 Å². The Morgan fingerprint density at radius 1 is 1.44 bits per heavy atom. The zero-order chi connectivity index (χ0) is 12.8. The standard InChI is InChI=1S/C14H16BrN3/c1-14(4-5-14)8-18-13-10-6-9(15)2-3-12(10)17-7-11(13)16/h2-3,6-7H,4-5,8,16H2,1H3,(H,17,18). The lowest BCUT2D eigenvalue weighted by Gasteiger charge is -2.15. The number of hydrogen-bond acceptors (Lipinski definition) is 3. The van der Waals surface area contributed by atoms with Crippen LogP contribution in [0.3, 0.4) is 0 Å². The van der Waals surface area contributed by atoms with E-state index in [1.165, 1.54) is 12.8 Å². The number of anilines is 2. The Morgan fingerprint density at radius 3 is 2.94 bits per heavy atom. The third-order valence-corrected chi connectivity index (χ3v) is 4.15. The molecule has 0 spiro atoms. The van der Waals surface area contributed by atoms with Gasteiger partial charge < -0.3 is 11.1 Å². The number of nitrogens with one attached hydrogen (secondary N) is 1. The highest BCUT2D eigenvalue weighted by molar-refractivity contribution is 9.10. The van der Waals surface area contributed by atoms with Crippen molar-refractivity contribution in [1.82, 2.24) is 4.98 Å². The SMILES string of the molecule is CC1(CNc2c(N)cnc3ccc(Br)cc23)CC1. The van der Waals surface area contributed by atoms with Gasteiger partial charge >= 0.3 is 0 Å². The molecule has 4 heteroatoms. The van der Waals surface area contributed by atoms with Crippen molar-refractivity contribution in [3.05, 3.63) is 28.9 Å². The van der Waals surface area contributed by atoms with E-state index < -0.39 is 0 Å². The molecule has 0 bridgehead atoms. The van der Waals surface area contributed by atoms with E-state index in [4.69, 9.17) is 5.73 Å². The Balaban J connectivity index is 2.01. The van der Waals surface area contributed by atoms with Crippen LogP contribution in [-0.4, -0.2) is 11.5 Å². The molecule has 1 aromatic carbocycles. The highest BCUT2D eigenvalue weighted by Gasteiger charge is 2.36. The van der Waals surface area contributed by atoms with Crippen LogP contribution in [0, 0.1) is 5.41 Å². The largest absolute Gasteiger partial charge is 0.396 e. The summed E-state index contributed by atoms with van der Waals surface area (Å²) in [6, 6.07) is 6.07. The predicted molar refractivity (Wildman–Crippen MR) is 79.7 cm³/mol. The van der Waals surface area contributed by atoms with Crippen LogP contribution in [-0.2, 0) is 0 Å². The summed E-state index contributed by atoms with van der Waals surface area (Å²) in [6.07, 6.45) is 4.33. The van der Waals surface area contributed by atoms with Gasteiger partial charge in [0.05, 0.1) is 23.1 Å². The maximum atomic E-state index is 6.05. The Kier molecular flexibility index (Phi) is 2.70. The molecule has 0 atom stereocenters. The van der Waals surface area contributed by atoms with Gasteiger partial charge in [-0.05, 0) is 36.5 Å². The Hall–Kier alpha value is -1.29. The molecular weight excluding hydrogens is 290 g/mol. The topological polar surface area (TPSA) is 50.9 Å². The van der Waals surface area contributed by atoms with Crippen LogP contribution in [0.25, 0.3) is 10.9 Å². The number of benzene rings is 1. The molecule has 0 aliphatic heterocycles. The van der Waals surface area contributed by atoms with Gasteiger partial charge in [-0.25, -0.2) is 0 Å². The molecule has 1 fully saturated rings. The average molecular weight is 306 g/mol. The van der Waals surface area contributed by atoms with Gasteiger partial charge in [-0.2, -0.15) is 0 Å². The molecule has 1 saturated carbocycles. The Morgan fingerprint density at radius 2 is 2.22 bits per heavy atom. The predicted octanol–water partition coefficient (Wildman–Crippen LogP) is 3.79. The van der Waals surface area contributed by atoms with Crippen LogP contribution < -0.4 is 11.1 Å². The maximum Gasteiger partial charge on any atom is 0.0743 e. The van der Waals surface area contributed by atoms with Gasteiger partial charge in [0.1, 0.15) is 0 Å². The number of fused-ring (bicyclic) bond motifs is 1. The van der Waals surface area contributed by atoms with Gasteiger partial charge in [0, 0.05) is 16.4 Å². The highest BCUT2D eigenvalue weighted by Crippen LogP contribution is 2.45. The van der Waals surface area contributed by atoms with Crippen LogP contribution in [0.15, 0.2) is 28.9 Å². The molecule has 3 rings (SSSR count). The molecule has 0 radical (unpaired) electrons. The van der Waals surface area contributed by atoms with Crippen LogP contribution in [0.5, 0.6) is 0 Å². The second-order valence-corrected chi connectivity index (χ2v) is 6.33. The fraction of sp³-hybridized carbons (Fsp3) is 0.357. The van der Waals surface area contributed by atoms with Crippen molar-refractivity contribution >= 4 is 38.2 Å². The van der Waals surface area contributed by atoms with E-state index in [0.29, 0.717) is 11.1 Å². The first-order valence-corrected chi connectivity index (χ1v) is 6.94. The maximum absolute atomic E-state index is 6.05. The summed E-state index contributed by atoms with van der Waals surface area (Å²) >= 11 is 3.50. The quantitative estimate of drug-likeness (QED) is 0.907. The molecule has 3 nitrogen and oxygen atoms in total. The number of aromatic nitrogens is 1. The van der Waals surface area contributed by atoms with E-state index in [0.717, 1.165) is 27.6 Å². The minimum Gasteiger partial charge on any atom is -0.396 e. The molecule has 1 aliphatic carbocycles. The van der Waals surface area contributed by atoms with Crippen LogP contribution in [0.1, 0.15) is 19.8 Å². The van der Waals surface area contributed by atoms with E-state index in [1.54, 1.807) is 6.20 Å². The molecule has 1 aromatic heterocycles. The number of nitrogens with two attached hydrogens (primary N) is 1. The van der Waals surface area contributed by atoms with E-state index in [2.05, 4.69) is 39.2 Å². The summed E-state index contributed by atoms with van der Waals surface area (Å²) in [5.41, 5.74) is 9.19. The van der Waals surface area contributed by atoms with Crippen molar-refractivity contribution in [2.75, 3.05) is 17.6 Å². The molecular formula is C14H16BrN3. The Bertz CT molecular complexity index is 600. The first-order valence-electron chi connectivity index (χ1n) is 6.15. The molecule has 1 heterocycles. The molecule has 18 heavy (non-hydrogen) atoms. The number of nitrogen functional groups attached to an aromatic ring is 1. The number of nitrogens with zero attached hydrogens (tertiary/aromatic N) is 1. The number of pyridine rings is 1. The zero-order valence-corrected chi connectivity index (χ0v) is 11.9. The normalized spacial score (nSPS) is 16.8. The number of rotatable bonds is 3. The lowest BCUT2D eigenvalue weighted by molar-refractivity contribution is 0.611. The minimum atomic E-state index is 0.452. The third kappa shape index (κ3) is 2.17. The monoisotopic (exact) mass is 305 g/mol. The smallest absolute Gasteiger partial charge is 0.0743 e. The fourth-order valence-corrected chi connectivity index (χ4v) is 2.43. The molecule has 0 amide bonds. The van der Waals surface area contributed by atoms with Crippen LogP contribution in [0.2, 0.25) is 0 Å². The van der Waals surface area contributed by atoms with E-state index in [-0.39, 0.29) is 0 Å². The van der Waals surface area contributed by atoms with Crippen molar-refractivity contribution in [3.8, 4) is 0 Å². The first-order chi connectivity index (χ1) is 8.57. The van der Waals surface area contributed by atoms with E-state index in [9.17, 15) is 0 Å². The van der Waals surface area contributed by atoms with Gasteiger partial charge in [0.25, 0.3) is 0 Å². The first kappa shape index (κ1) is 11.8. The lowest BCUT2D eigenvalue weighted by Crippen LogP contribution is -2.13. The van der Waals surface area contributed by atoms with E-state index in [1.807, 2.05) is 12.1 Å². The second kappa shape index (κ2) is 4.12. The van der Waals surface area contributed by atoms with Crippen molar-refractivity contribution < 1.29 is 0 Å². The summed E-state index contributed by atoms with van der Waals surface area (Å²) in [5, 5.41) is 4.58. The van der Waals surface area contributed by atoms with Gasteiger partial charge in [-0.1, -0.05) is 22.9 Å². The fourth-order valence-electron chi connectivity index (χ4n) is 2.07. The third-order valence-electron chi connectivity index (χ3n) is 3.65. The Labute approximate surface area is 115 Å². The van der Waals surface area contributed by atoms with Crippen LogP contribution in [0.4, 0.5) is 11.4 Å². The lowest BCUT2D eigenvalue weighted by atomic mass is 10.1. The van der Waals surface area contributed by atoms with Gasteiger partial charge in [-0.3, -0.25) is 4.98 Å². The zero-order valence-electron chi connectivity index (χ0n) is 10.3. The summed E-state index contributed by atoms with van der Waals surface area (Å²) < 4.78 is 1.04. The van der Waals surface area contributed by atoms with E-state index >= 15 is 0 Å². The number of hydrogen-bond donors (Lipinski definition) is 2. The molecule has 3 N–H and O–H groups in total. The van der Waals surface area contributed by atoms with Crippen molar-refractivity contribution in [1.29, 1.82) is 0 Å². The highest BCUT2D eigenvalue weighted by atomic mass is 79.9. The minimum absolute atomic E-state index is 0.452. The van der Waals surface area contributed by atoms with Crippen molar-refractivity contribution in [3.63, 3.8) is 0 Å². The van der Waals surface area contributed by atoms with Gasteiger partial charge in [0.2, 0.25) is 0 Å².